The van der Waals surface area contributed by atoms with Crippen molar-refractivity contribution in [3.05, 3.63) is 84.5 Å². The molecule has 25 heavy (non-hydrogen) atoms. The molecule has 0 aliphatic carbocycles. The van der Waals surface area contributed by atoms with E-state index in [1.807, 2.05) is 18.3 Å². The van der Waals surface area contributed by atoms with Crippen LogP contribution in [0.3, 0.4) is 0 Å². The second kappa shape index (κ2) is 7.36. The maximum atomic E-state index is 5.70. The van der Waals surface area contributed by atoms with Crippen LogP contribution < -0.4 is 0 Å². The first-order valence-electron chi connectivity index (χ1n) is 7.94. The van der Waals surface area contributed by atoms with Crippen LogP contribution in [0.2, 0.25) is 0 Å². The Bertz CT molecular complexity index is 935. The standard InChI is InChI=1S/C19H16N4OS/c1-2-7-15(8-3-1)17-10-5-4-9-16(17)14-25-19-22-21-18(24-19)13-23-12-6-11-20-23/h1-12H,13-14H2. The molecule has 6 heteroatoms. The Hall–Kier alpha value is -2.86. The summed E-state index contributed by atoms with van der Waals surface area (Å²) in [6.07, 6.45) is 3.60. The fourth-order valence-corrected chi connectivity index (χ4v) is 3.36. The third-order valence-corrected chi connectivity index (χ3v) is 4.63. The number of hydrogen-bond donors (Lipinski definition) is 0. The Morgan fingerprint density at radius 1 is 0.920 bits per heavy atom. The van der Waals surface area contributed by atoms with Crippen molar-refractivity contribution >= 4 is 11.8 Å². The van der Waals surface area contributed by atoms with Crippen molar-refractivity contribution in [2.75, 3.05) is 0 Å². The van der Waals surface area contributed by atoms with Gasteiger partial charge in [-0.3, -0.25) is 4.68 Å². The van der Waals surface area contributed by atoms with Gasteiger partial charge < -0.3 is 4.42 Å². The van der Waals surface area contributed by atoms with Crippen LogP contribution in [0.1, 0.15) is 11.5 Å². The van der Waals surface area contributed by atoms with E-state index in [0.717, 1.165) is 5.75 Å². The van der Waals surface area contributed by atoms with Gasteiger partial charge in [-0.15, -0.1) is 10.2 Å². The molecule has 5 nitrogen and oxygen atoms in total. The van der Waals surface area contributed by atoms with Crippen molar-refractivity contribution in [1.29, 1.82) is 0 Å². The lowest BCUT2D eigenvalue weighted by Gasteiger charge is -2.08. The molecule has 0 radical (unpaired) electrons. The molecule has 0 spiro atoms. The first-order valence-corrected chi connectivity index (χ1v) is 8.93. The molecule has 0 amide bonds. The van der Waals surface area contributed by atoms with E-state index in [9.17, 15) is 0 Å². The number of nitrogens with zero attached hydrogens (tertiary/aromatic N) is 4. The van der Waals surface area contributed by atoms with Crippen molar-refractivity contribution in [3.63, 3.8) is 0 Å². The van der Waals surface area contributed by atoms with Crippen LogP contribution in [0, 0.1) is 0 Å². The Morgan fingerprint density at radius 3 is 2.60 bits per heavy atom. The van der Waals surface area contributed by atoms with Gasteiger partial charge in [-0.1, -0.05) is 66.4 Å². The summed E-state index contributed by atoms with van der Waals surface area (Å²) < 4.78 is 7.46. The second-order valence-electron chi connectivity index (χ2n) is 5.48. The average Bonchev–Trinajstić information content (AvgIpc) is 3.33. The van der Waals surface area contributed by atoms with E-state index in [4.69, 9.17) is 4.42 Å². The monoisotopic (exact) mass is 348 g/mol. The molecule has 2 heterocycles. The SMILES string of the molecule is c1ccc(-c2ccccc2CSc2nnc(Cn3cccn3)o2)cc1. The number of hydrogen-bond acceptors (Lipinski definition) is 5. The van der Waals surface area contributed by atoms with Crippen LogP contribution >= 0.6 is 11.8 Å². The lowest BCUT2D eigenvalue weighted by molar-refractivity contribution is 0.397. The van der Waals surface area contributed by atoms with E-state index in [0.29, 0.717) is 17.7 Å². The molecule has 2 aromatic carbocycles. The van der Waals surface area contributed by atoms with Crippen molar-refractivity contribution in [2.45, 2.75) is 17.5 Å². The Balaban J connectivity index is 1.46. The molecule has 0 fully saturated rings. The van der Waals surface area contributed by atoms with Crippen molar-refractivity contribution in [3.8, 4) is 11.1 Å². The fraction of sp³-hybridized carbons (Fsp3) is 0.105. The first kappa shape index (κ1) is 15.7. The van der Waals surface area contributed by atoms with Crippen LogP contribution in [-0.2, 0) is 12.3 Å². The van der Waals surface area contributed by atoms with E-state index >= 15 is 0 Å². The molecule has 124 valence electrons. The quantitative estimate of drug-likeness (QED) is 0.487. The average molecular weight is 348 g/mol. The summed E-state index contributed by atoms with van der Waals surface area (Å²) >= 11 is 1.55. The van der Waals surface area contributed by atoms with Gasteiger partial charge in [0.2, 0.25) is 5.89 Å². The van der Waals surface area contributed by atoms with Gasteiger partial charge in [0.05, 0.1) is 0 Å². The molecule has 4 aromatic rings. The molecule has 0 N–H and O–H groups in total. The van der Waals surface area contributed by atoms with Gasteiger partial charge in [0.15, 0.2) is 0 Å². The van der Waals surface area contributed by atoms with E-state index in [2.05, 4.69) is 63.8 Å². The summed E-state index contributed by atoms with van der Waals surface area (Å²) in [6.45, 7) is 0.487. The summed E-state index contributed by atoms with van der Waals surface area (Å²) in [5, 5.41) is 12.9. The van der Waals surface area contributed by atoms with Crippen molar-refractivity contribution in [2.24, 2.45) is 0 Å². The van der Waals surface area contributed by atoms with Crippen LogP contribution in [0.4, 0.5) is 0 Å². The summed E-state index contributed by atoms with van der Waals surface area (Å²) in [4.78, 5) is 0. The minimum atomic E-state index is 0.487. The Morgan fingerprint density at radius 2 is 1.76 bits per heavy atom. The highest BCUT2D eigenvalue weighted by atomic mass is 32.2. The topological polar surface area (TPSA) is 56.7 Å². The predicted octanol–water partition coefficient (Wildman–Crippen LogP) is 4.27. The van der Waals surface area contributed by atoms with Gasteiger partial charge in [-0.25, -0.2) is 0 Å². The number of thioether (sulfide) groups is 1. The van der Waals surface area contributed by atoms with E-state index in [1.54, 1.807) is 22.6 Å². The van der Waals surface area contributed by atoms with Crippen molar-refractivity contribution in [1.82, 2.24) is 20.0 Å². The van der Waals surface area contributed by atoms with Gasteiger partial charge in [0.25, 0.3) is 5.22 Å². The normalized spacial score (nSPS) is 10.9. The van der Waals surface area contributed by atoms with Crippen LogP contribution in [0.15, 0.2) is 82.7 Å². The highest BCUT2D eigenvalue weighted by molar-refractivity contribution is 7.98. The van der Waals surface area contributed by atoms with E-state index in [1.165, 1.54) is 16.7 Å². The molecule has 2 aromatic heterocycles. The van der Waals surface area contributed by atoms with Gasteiger partial charge >= 0.3 is 0 Å². The summed E-state index contributed by atoms with van der Waals surface area (Å²) in [5.41, 5.74) is 3.68. The Labute approximate surface area is 149 Å². The van der Waals surface area contributed by atoms with Gasteiger partial charge in [0, 0.05) is 18.1 Å². The zero-order valence-corrected chi connectivity index (χ0v) is 14.3. The molecule has 4 rings (SSSR count). The van der Waals surface area contributed by atoms with E-state index in [-0.39, 0.29) is 0 Å². The second-order valence-corrected chi connectivity index (χ2v) is 6.40. The summed E-state index contributed by atoms with van der Waals surface area (Å²) in [5.74, 6) is 1.33. The highest BCUT2D eigenvalue weighted by Crippen LogP contribution is 2.29. The van der Waals surface area contributed by atoms with Crippen LogP contribution in [0.5, 0.6) is 0 Å². The van der Waals surface area contributed by atoms with Gasteiger partial charge in [-0.05, 0) is 22.8 Å². The lowest BCUT2D eigenvalue weighted by Crippen LogP contribution is -1.99. The largest absolute Gasteiger partial charge is 0.414 e. The zero-order chi connectivity index (χ0) is 16.9. The third kappa shape index (κ3) is 3.80. The van der Waals surface area contributed by atoms with Gasteiger partial charge in [-0.2, -0.15) is 5.10 Å². The number of benzene rings is 2. The highest BCUT2D eigenvalue weighted by Gasteiger charge is 2.10. The van der Waals surface area contributed by atoms with Crippen LogP contribution in [0.25, 0.3) is 11.1 Å². The maximum Gasteiger partial charge on any atom is 0.276 e. The molecule has 0 aliphatic rings. The molecule has 0 unspecified atom stereocenters. The minimum Gasteiger partial charge on any atom is -0.414 e. The molecule has 0 aliphatic heterocycles. The number of rotatable bonds is 6. The molecule has 0 saturated carbocycles. The molecule has 0 saturated heterocycles. The smallest absolute Gasteiger partial charge is 0.276 e. The van der Waals surface area contributed by atoms with Gasteiger partial charge in [0.1, 0.15) is 6.54 Å². The number of aromatic nitrogens is 4. The van der Waals surface area contributed by atoms with Crippen molar-refractivity contribution < 1.29 is 4.42 Å². The molecular formula is C19H16N4OS. The minimum absolute atomic E-state index is 0.487. The Kier molecular flexibility index (Phi) is 4.61. The molecular weight excluding hydrogens is 332 g/mol. The van der Waals surface area contributed by atoms with E-state index < -0.39 is 0 Å². The summed E-state index contributed by atoms with van der Waals surface area (Å²) in [7, 11) is 0. The summed E-state index contributed by atoms with van der Waals surface area (Å²) in [6, 6.07) is 20.6. The zero-order valence-electron chi connectivity index (χ0n) is 13.4. The maximum absolute atomic E-state index is 5.70. The van der Waals surface area contributed by atoms with Crippen LogP contribution in [-0.4, -0.2) is 20.0 Å². The molecule has 0 atom stereocenters. The fourth-order valence-electron chi connectivity index (χ4n) is 2.58. The molecule has 0 bridgehead atoms. The first-order chi connectivity index (χ1) is 12.4. The lowest BCUT2D eigenvalue weighted by atomic mass is 10.0. The third-order valence-electron chi connectivity index (χ3n) is 3.76. The predicted molar refractivity (Wildman–Crippen MR) is 97.1 cm³/mol.